The molecule has 1 aliphatic carbocycles. The summed E-state index contributed by atoms with van der Waals surface area (Å²) < 4.78 is 11.3. The summed E-state index contributed by atoms with van der Waals surface area (Å²) in [7, 11) is 1.41. The number of carboxylic acids is 1. The molecule has 0 saturated carbocycles. The number of carboxylic acid groups (broad SMARTS) is 1. The maximum atomic E-state index is 12.8. The number of carbonyl (C=O) groups excluding carboxylic acids is 2. The molecule has 1 atom stereocenters. The van der Waals surface area contributed by atoms with Gasteiger partial charge in [0, 0.05) is 16.6 Å². The lowest BCUT2D eigenvalue weighted by molar-refractivity contribution is -0.119. The maximum absolute atomic E-state index is 12.8. The molecule has 4 rings (SSSR count). The predicted octanol–water partition coefficient (Wildman–Crippen LogP) is 4.48. The molecular weight excluding hydrogens is 563 g/mol. The number of hydrogen-bond donors (Lipinski definition) is 3. The number of amides is 2. The molecule has 35 heavy (non-hydrogen) atoms. The van der Waals surface area contributed by atoms with E-state index in [1.807, 2.05) is 71.1 Å². The fourth-order valence-electron chi connectivity index (χ4n) is 4.11. The number of alkyl carbamates (subject to hydrolysis) is 1. The van der Waals surface area contributed by atoms with Crippen LogP contribution < -0.4 is 10.6 Å². The number of methoxy groups -OCH3 is 1. The van der Waals surface area contributed by atoms with E-state index in [0.717, 1.165) is 22.3 Å². The van der Waals surface area contributed by atoms with Gasteiger partial charge in [-0.1, -0.05) is 48.5 Å². The Bertz CT molecular complexity index is 1230. The Kier molecular flexibility index (Phi) is 7.67. The number of ether oxygens (including phenoxy) is 2. The lowest BCUT2D eigenvalue weighted by Crippen LogP contribution is -2.47. The summed E-state index contributed by atoms with van der Waals surface area (Å²) in [6.45, 7) is 0.0188. The molecular formula is C26H23IN2O6. The number of carbonyl (C=O) groups is 3. The molecule has 1 aliphatic rings. The molecule has 3 aromatic carbocycles. The summed E-state index contributed by atoms with van der Waals surface area (Å²) in [5, 5.41) is 14.4. The SMILES string of the molecule is COCC(NC(=O)OCC1c2ccccc2-c2ccccc21)C(=O)Nc1cc(C(=O)O)ccc1I. The summed E-state index contributed by atoms with van der Waals surface area (Å²) in [5.41, 5.74) is 4.76. The monoisotopic (exact) mass is 586 g/mol. The zero-order valence-electron chi connectivity index (χ0n) is 18.8. The lowest BCUT2D eigenvalue weighted by atomic mass is 9.98. The molecule has 0 radical (unpaired) electrons. The Hall–Kier alpha value is -3.44. The molecule has 0 saturated heterocycles. The minimum absolute atomic E-state index is 0.0357. The van der Waals surface area contributed by atoms with Crippen molar-refractivity contribution in [1.82, 2.24) is 5.32 Å². The lowest BCUT2D eigenvalue weighted by Gasteiger charge is -2.19. The van der Waals surface area contributed by atoms with Crippen LogP contribution >= 0.6 is 22.6 Å². The topological polar surface area (TPSA) is 114 Å². The summed E-state index contributed by atoms with van der Waals surface area (Å²) >= 11 is 1.99. The van der Waals surface area contributed by atoms with Gasteiger partial charge in [0.2, 0.25) is 5.91 Å². The Labute approximate surface area is 215 Å². The molecule has 1 unspecified atom stereocenters. The Morgan fingerprint density at radius 2 is 1.63 bits per heavy atom. The van der Waals surface area contributed by atoms with Crippen LogP contribution in [-0.2, 0) is 14.3 Å². The molecule has 0 heterocycles. The quantitative estimate of drug-likeness (QED) is 0.336. The second-order valence-electron chi connectivity index (χ2n) is 7.97. The van der Waals surface area contributed by atoms with E-state index in [9.17, 15) is 19.5 Å². The standard InChI is InChI=1S/C26H23IN2O6/c1-34-14-23(24(30)28-22-12-15(25(31)32)10-11-21(22)27)29-26(33)35-13-20-18-8-4-2-6-16(18)17-7-3-5-9-19(17)20/h2-12,20,23H,13-14H2,1H3,(H,28,30)(H,29,33)(H,31,32). The number of nitrogens with one attached hydrogen (secondary N) is 2. The molecule has 0 bridgehead atoms. The van der Waals surface area contributed by atoms with Crippen LogP contribution in [0.4, 0.5) is 10.5 Å². The van der Waals surface area contributed by atoms with Crippen molar-refractivity contribution < 1.29 is 29.0 Å². The zero-order chi connectivity index (χ0) is 24.9. The highest BCUT2D eigenvalue weighted by molar-refractivity contribution is 14.1. The van der Waals surface area contributed by atoms with Gasteiger partial charge < -0.3 is 25.2 Å². The van der Waals surface area contributed by atoms with Gasteiger partial charge in [0.15, 0.2) is 0 Å². The van der Waals surface area contributed by atoms with Crippen molar-refractivity contribution in [2.45, 2.75) is 12.0 Å². The minimum atomic E-state index is -1.11. The summed E-state index contributed by atoms with van der Waals surface area (Å²) in [6.07, 6.45) is -0.752. The molecule has 9 heteroatoms. The van der Waals surface area contributed by atoms with Crippen LogP contribution in [0.3, 0.4) is 0 Å². The highest BCUT2D eigenvalue weighted by Crippen LogP contribution is 2.44. The highest BCUT2D eigenvalue weighted by Gasteiger charge is 2.30. The fraction of sp³-hybridized carbons (Fsp3) is 0.192. The van der Waals surface area contributed by atoms with Gasteiger partial charge in [0.25, 0.3) is 0 Å². The number of aromatic carboxylic acids is 1. The van der Waals surface area contributed by atoms with Gasteiger partial charge in [-0.3, -0.25) is 4.79 Å². The molecule has 2 amide bonds. The second kappa shape index (κ2) is 10.9. The van der Waals surface area contributed by atoms with Gasteiger partial charge in [-0.25, -0.2) is 9.59 Å². The minimum Gasteiger partial charge on any atom is -0.478 e. The summed E-state index contributed by atoms with van der Waals surface area (Å²) in [4.78, 5) is 36.7. The number of anilines is 1. The van der Waals surface area contributed by atoms with Crippen LogP contribution in [0.5, 0.6) is 0 Å². The molecule has 0 aromatic heterocycles. The third kappa shape index (κ3) is 5.46. The largest absolute Gasteiger partial charge is 0.478 e. The fourth-order valence-corrected chi connectivity index (χ4v) is 4.58. The smallest absolute Gasteiger partial charge is 0.407 e. The van der Waals surface area contributed by atoms with Crippen molar-refractivity contribution in [3.63, 3.8) is 0 Å². The molecule has 180 valence electrons. The van der Waals surface area contributed by atoms with Gasteiger partial charge in [0.1, 0.15) is 12.6 Å². The molecule has 3 N–H and O–H groups in total. The number of halogens is 1. The average molecular weight is 586 g/mol. The average Bonchev–Trinajstić information content (AvgIpc) is 3.17. The zero-order valence-corrected chi connectivity index (χ0v) is 20.9. The van der Waals surface area contributed by atoms with Crippen LogP contribution in [0.25, 0.3) is 11.1 Å². The Balaban J connectivity index is 1.42. The van der Waals surface area contributed by atoms with Crippen molar-refractivity contribution in [1.29, 1.82) is 0 Å². The predicted molar refractivity (Wildman–Crippen MR) is 139 cm³/mol. The molecule has 3 aromatic rings. The molecule has 8 nitrogen and oxygen atoms in total. The van der Waals surface area contributed by atoms with E-state index in [1.165, 1.54) is 19.2 Å². The molecule has 0 spiro atoms. The van der Waals surface area contributed by atoms with E-state index in [-0.39, 0.29) is 24.7 Å². The van der Waals surface area contributed by atoms with Gasteiger partial charge in [-0.2, -0.15) is 0 Å². The van der Waals surface area contributed by atoms with Gasteiger partial charge in [-0.05, 0) is 63.0 Å². The first-order valence-electron chi connectivity index (χ1n) is 10.8. The number of hydrogen-bond acceptors (Lipinski definition) is 5. The van der Waals surface area contributed by atoms with Crippen LogP contribution in [0.2, 0.25) is 0 Å². The van der Waals surface area contributed by atoms with E-state index < -0.39 is 24.0 Å². The van der Waals surface area contributed by atoms with Crippen molar-refractivity contribution in [2.75, 3.05) is 25.6 Å². The Morgan fingerprint density at radius 3 is 2.23 bits per heavy atom. The first kappa shape index (κ1) is 24.7. The first-order chi connectivity index (χ1) is 16.9. The van der Waals surface area contributed by atoms with Gasteiger partial charge in [0.05, 0.1) is 17.9 Å². The highest BCUT2D eigenvalue weighted by atomic mass is 127. The van der Waals surface area contributed by atoms with Crippen LogP contribution in [0.1, 0.15) is 27.4 Å². The van der Waals surface area contributed by atoms with Crippen LogP contribution in [-0.4, -0.2) is 49.4 Å². The summed E-state index contributed by atoms with van der Waals surface area (Å²) in [6, 6.07) is 19.4. The molecule has 0 aliphatic heterocycles. The van der Waals surface area contributed by atoms with Gasteiger partial charge >= 0.3 is 12.1 Å². The van der Waals surface area contributed by atoms with Crippen LogP contribution in [0, 0.1) is 3.57 Å². The van der Waals surface area contributed by atoms with Crippen molar-refractivity contribution in [2.24, 2.45) is 0 Å². The number of fused-ring (bicyclic) bond motifs is 3. The van der Waals surface area contributed by atoms with Crippen molar-refractivity contribution in [3.8, 4) is 11.1 Å². The third-order valence-corrected chi connectivity index (χ3v) is 6.70. The van der Waals surface area contributed by atoms with E-state index >= 15 is 0 Å². The summed E-state index contributed by atoms with van der Waals surface area (Å²) in [5.74, 6) is -1.77. The maximum Gasteiger partial charge on any atom is 0.407 e. The normalized spacial score (nSPS) is 12.9. The van der Waals surface area contributed by atoms with E-state index in [0.29, 0.717) is 9.26 Å². The van der Waals surface area contributed by atoms with Gasteiger partial charge in [-0.15, -0.1) is 0 Å². The number of rotatable bonds is 8. The van der Waals surface area contributed by atoms with Crippen molar-refractivity contribution in [3.05, 3.63) is 87.0 Å². The first-order valence-corrected chi connectivity index (χ1v) is 11.9. The third-order valence-electron chi connectivity index (χ3n) is 5.76. The number of benzene rings is 3. The van der Waals surface area contributed by atoms with Crippen LogP contribution in [0.15, 0.2) is 66.7 Å². The van der Waals surface area contributed by atoms with Crippen molar-refractivity contribution >= 4 is 46.2 Å². The van der Waals surface area contributed by atoms with E-state index in [1.54, 1.807) is 6.07 Å². The van der Waals surface area contributed by atoms with E-state index in [4.69, 9.17) is 9.47 Å². The second-order valence-corrected chi connectivity index (χ2v) is 9.13. The Morgan fingerprint density at radius 1 is 1.00 bits per heavy atom. The molecule has 0 fully saturated rings. The van der Waals surface area contributed by atoms with E-state index in [2.05, 4.69) is 10.6 Å².